The highest BCUT2D eigenvalue weighted by Crippen LogP contribution is 2.23. The minimum atomic E-state index is -3.37. The van der Waals surface area contributed by atoms with Crippen LogP contribution in [0.3, 0.4) is 0 Å². The number of nitro groups is 1. The molecular weight excluding hydrogens is 362 g/mol. The Morgan fingerprint density at radius 2 is 1.76 bits per heavy atom. The van der Waals surface area contributed by atoms with E-state index in [9.17, 15) is 18.5 Å². The molecule has 0 aliphatic carbocycles. The summed E-state index contributed by atoms with van der Waals surface area (Å²) in [5, 5.41) is 15.8. The summed E-state index contributed by atoms with van der Waals surface area (Å²) in [7, 11) is -3.37. The summed E-state index contributed by atoms with van der Waals surface area (Å²) in [6, 6.07) is 8.43. The summed E-state index contributed by atoms with van der Waals surface area (Å²) < 4.78 is 26.4. The first-order chi connectivity index (χ1) is 12.0. The normalized spacial score (nSPS) is 15.5. The lowest BCUT2D eigenvalue weighted by molar-refractivity contribution is -0.380. The molecular formula is C16H19N3O4S2. The van der Waals surface area contributed by atoms with Crippen molar-refractivity contribution in [3.05, 3.63) is 57.0 Å². The molecule has 0 bridgehead atoms. The fraction of sp³-hybridized carbons (Fsp3) is 0.375. The quantitative estimate of drug-likeness (QED) is 0.588. The fourth-order valence-electron chi connectivity index (χ4n) is 2.76. The Kier molecular flexibility index (Phi) is 5.48. The predicted octanol–water partition coefficient (Wildman–Crippen LogP) is 2.73. The fourth-order valence-corrected chi connectivity index (χ4v) is 5.01. The molecule has 0 radical (unpaired) electrons. The van der Waals surface area contributed by atoms with Crippen molar-refractivity contribution in [3.8, 4) is 0 Å². The van der Waals surface area contributed by atoms with Crippen LogP contribution in [0.15, 0.2) is 40.6 Å². The molecule has 9 heteroatoms. The molecule has 0 unspecified atom stereocenters. The molecule has 0 atom stereocenters. The lowest BCUT2D eigenvalue weighted by atomic mass is 10.2. The van der Waals surface area contributed by atoms with E-state index < -0.39 is 14.9 Å². The second-order valence-electron chi connectivity index (χ2n) is 5.91. The van der Waals surface area contributed by atoms with Gasteiger partial charge < -0.3 is 5.32 Å². The van der Waals surface area contributed by atoms with E-state index in [2.05, 4.69) is 5.32 Å². The van der Waals surface area contributed by atoms with Gasteiger partial charge >= 0.3 is 5.00 Å². The van der Waals surface area contributed by atoms with E-state index in [1.165, 1.54) is 4.31 Å². The van der Waals surface area contributed by atoms with Crippen molar-refractivity contribution in [3.63, 3.8) is 0 Å². The lowest BCUT2D eigenvalue weighted by Gasteiger charge is -2.15. The van der Waals surface area contributed by atoms with Crippen LogP contribution < -0.4 is 5.32 Å². The zero-order chi connectivity index (χ0) is 17.9. The Balaban J connectivity index is 1.56. The molecule has 3 rings (SSSR count). The Labute approximate surface area is 150 Å². The maximum Gasteiger partial charge on any atom is 0.324 e. The Morgan fingerprint density at radius 3 is 2.36 bits per heavy atom. The number of nitrogens with one attached hydrogen (secondary N) is 1. The number of nitrogens with zero attached hydrogens (tertiary/aromatic N) is 2. The van der Waals surface area contributed by atoms with E-state index in [1.54, 1.807) is 35.7 Å². The first kappa shape index (κ1) is 18.0. The molecule has 25 heavy (non-hydrogen) atoms. The maximum absolute atomic E-state index is 12.5. The highest BCUT2D eigenvalue weighted by Gasteiger charge is 2.26. The molecule has 1 aliphatic heterocycles. The number of hydrogen-bond acceptors (Lipinski definition) is 6. The molecule has 1 aromatic carbocycles. The van der Waals surface area contributed by atoms with Gasteiger partial charge in [0, 0.05) is 37.6 Å². The van der Waals surface area contributed by atoms with Crippen LogP contribution in [0.25, 0.3) is 0 Å². The van der Waals surface area contributed by atoms with E-state index in [4.69, 9.17) is 0 Å². The molecule has 0 saturated carbocycles. The number of thiophene rings is 1. The first-order valence-corrected chi connectivity index (χ1v) is 10.3. The Hall–Kier alpha value is -1.81. The van der Waals surface area contributed by atoms with Crippen molar-refractivity contribution in [2.24, 2.45) is 0 Å². The van der Waals surface area contributed by atoms with Crippen molar-refractivity contribution in [2.45, 2.75) is 30.8 Å². The minimum absolute atomic E-state index is 0.133. The average molecular weight is 381 g/mol. The minimum Gasteiger partial charge on any atom is -0.309 e. The standard InChI is InChI=1S/C16H19N3O4S2/c20-19(21)16-9-14(12-24-16)11-17-10-13-3-5-15(6-4-13)25(22,23)18-7-1-2-8-18/h3-6,9,12,17H,1-2,7-8,10-11H2. The van der Waals surface area contributed by atoms with Gasteiger partial charge in [0.25, 0.3) is 0 Å². The van der Waals surface area contributed by atoms with Crippen molar-refractivity contribution >= 4 is 26.4 Å². The van der Waals surface area contributed by atoms with Crippen LogP contribution in [0.2, 0.25) is 0 Å². The van der Waals surface area contributed by atoms with Gasteiger partial charge in [-0.15, -0.1) is 0 Å². The summed E-state index contributed by atoms with van der Waals surface area (Å²) in [4.78, 5) is 10.6. The molecule has 2 aromatic rings. The van der Waals surface area contributed by atoms with E-state index >= 15 is 0 Å². The molecule has 134 valence electrons. The van der Waals surface area contributed by atoms with Gasteiger partial charge in [0.15, 0.2) is 0 Å². The Bertz CT molecular complexity index is 841. The Morgan fingerprint density at radius 1 is 1.12 bits per heavy atom. The zero-order valence-corrected chi connectivity index (χ0v) is 15.2. The van der Waals surface area contributed by atoms with Crippen LogP contribution in [0.1, 0.15) is 24.0 Å². The van der Waals surface area contributed by atoms with E-state index in [0.717, 1.165) is 35.3 Å². The second-order valence-corrected chi connectivity index (χ2v) is 8.74. The van der Waals surface area contributed by atoms with E-state index in [1.807, 2.05) is 0 Å². The highest BCUT2D eigenvalue weighted by molar-refractivity contribution is 7.89. The third-order valence-corrected chi connectivity index (χ3v) is 6.95. The second kappa shape index (κ2) is 7.61. The third kappa shape index (κ3) is 4.24. The molecule has 0 spiro atoms. The number of hydrogen-bond donors (Lipinski definition) is 1. The van der Waals surface area contributed by atoms with Gasteiger partial charge in [-0.2, -0.15) is 4.31 Å². The van der Waals surface area contributed by atoms with Gasteiger partial charge in [0.1, 0.15) is 0 Å². The van der Waals surface area contributed by atoms with Crippen LogP contribution in [-0.4, -0.2) is 30.7 Å². The van der Waals surface area contributed by atoms with Gasteiger partial charge in [-0.25, -0.2) is 8.42 Å². The van der Waals surface area contributed by atoms with E-state index in [-0.39, 0.29) is 5.00 Å². The average Bonchev–Trinajstić information content (AvgIpc) is 3.27. The molecule has 1 aliphatic rings. The van der Waals surface area contributed by atoms with Crippen LogP contribution >= 0.6 is 11.3 Å². The summed E-state index contributed by atoms with van der Waals surface area (Å²) in [6.45, 7) is 2.28. The summed E-state index contributed by atoms with van der Waals surface area (Å²) in [6.07, 6.45) is 1.84. The molecule has 7 nitrogen and oxygen atoms in total. The van der Waals surface area contributed by atoms with E-state index in [0.29, 0.717) is 31.1 Å². The van der Waals surface area contributed by atoms with Crippen LogP contribution in [0, 0.1) is 10.1 Å². The summed E-state index contributed by atoms with van der Waals surface area (Å²) in [5.74, 6) is 0. The van der Waals surface area contributed by atoms with Gasteiger partial charge in [-0.1, -0.05) is 23.5 Å². The molecule has 2 heterocycles. The van der Waals surface area contributed by atoms with Crippen molar-refractivity contribution in [1.82, 2.24) is 9.62 Å². The molecule has 0 amide bonds. The number of benzene rings is 1. The third-order valence-electron chi connectivity index (χ3n) is 4.10. The van der Waals surface area contributed by atoms with Crippen LogP contribution in [0.4, 0.5) is 5.00 Å². The van der Waals surface area contributed by atoms with Gasteiger partial charge in [-0.05, 0) is 36.1 Å². The highest BCUT2D eigenvalue weighted by atomic mass is 32.2. The zero-order valence-electron chi connectivity index (χ0n) is 13.6. The lowest BCUT2D eigenvalue weighted by Crippen LogP contribution is -2.27. The maximum atomic E-state index is 12.5. The smallest absolute Gasteiger partial charge is 0.309 e. The molecule has 1 aromatic heterocycles. The number of sulfonamides is 1. The van der Waals surface area contributed by atoms with Crippen LogP contribution in [0.5, 0.6) is 0 Å². The monoisotopic (exact) mass is 381 g/mol. The molecule has 1 fully saturated rings. The van der Waals surface area contributed by atoms with Gasteiger partial charge in [0.2, 0.25) is 10.0 Å². The topological polar surface area (TPSA) is 92.5 Å². The molecule has 1 N–H and O–H groups in total. The number of rotatable bonds is 7. The SMILES string of the molecule is O=[N+]([O-])c1cc(CNCc2ccc(S(=O)(=O)N3CCCC3)cc2)cs1. The van der Waals surface area contributed by atoms with Crippen molar-refractivity contribution in [1.29, 1.82) is 0 Å². The van der Waals surface area contributed by atoms with Crippen molar-refractivity contribution in [2.75, 3.05) is 13.1 Å². The van der Waals surface area contributed by atoms with Gasteiger partial charge in [-0.3, -0.25) is 10.1 Å². The summed E-state index contributed by atoms with van der Waals surface area (Å²) in [5.41, 5.74) is 1.83. The first-order valence-electron chi connectivity index (χ1n) is 7.98. The summed E-state index contributed by atoms with van der Waals surface area (Å²) >= 11 is 1.11. The largest absolute Gasteiger partial charge is 0.324 e. The molecule has 1 saturated heterocycles. The predicted molar refractivity (Wildman–Crippen MR) is 96.0 cm³/mol. The van der Waals surface area contributed by atoms with Crippen molar-refractivity contribution < 1.29 is 13.3 Å². The van der Waals surface area contributed by atoms with Gasteiger partial charge in [0.05, 0.1) is 9.82 Å². The van der Waals surface area contributed by atoms with Crippen LogP contribution in [-0.2, 0) is 23.1 Å².